The molecule has 2 aromatic rings. The van der Waals surface area contributed by atoms with E-state index in [0.717, 1.165) is 49.9 Å². The lowest BCUT2D eigenvalue weighted by Crippen LogP contribution is -2.37. The lowest BCUT2D eigenvalue weighted by molar-refractivity contribution is -0.120. The van der Waals surface area contributed by atoms with Gasteiger partial charge >= 0.3 is 6.09 Å². The monoisotopic (exact) mass is 560 g/mol. The average molecular weight is 561 g/mol. The summed E-state index contributed by atoms with van der Waals surface area (Å²) < 4.78 is 10.7. The smallest absolute Gasteiger partial charge is 0.415 e. The van der Waals surface area contributed by atoms with E-state index in [4.69, 9.17) is 9.47 Å². The van der Waals surface area contributed by atoms with Gasteiger partial charge in [-0.2, -0.15) is 5.26 Å². The number of anilines is 3. The number of likely N-dealkylation sites (N-methyl/N-ethyl adjacent to an activating group) is 1. The van der Waals surface area contributed by atoms with Crippen LogP contribution in [0.3, 0.4) is 0 Å². The second-order valence-corrected chi connectivity index (χ2v) is 11.0. The van der Waals surface area contributed by atoms with Crippen LogP contribution in [0.1, 0.15) is 36.0 Å². The van der Waals surface area contributed by atoms with Crippen molar-refractivity contribution in [3.63, 3.8) is 0 Å². The maximum atomic E-state index is 12.8. The summed E-state index contributed by atoms with van der Waals surface area (Å²) >= 11 is 0. The van der Waals surface area contributed by atoms with E-state index in [1.807, 2.05) is 13.1 Å². The molecule has 2 unspecified atom stereocenters. The Bertz CT molecular complexity index is 1420. The molecule has 13 nitrogen and oxygen atoms in total. The van der Waals surface area contributed by atoms with E-state index in [1.165, 1.54) is 11.1 Å². The first-order valence-corrected chi connectivity index (χ1v) is 13.9. The highest BCUT2D eigenvalue weighted by atomic mass is 16.6. The van der Waals surface area contributed by atoms with Crippen LogP contribution in [0, 0.1) is 17.2 Å². The molecule has 214 valence electrons. The van der Waals surface area contributed by atoms with Gasteiger partial charge in [0.1, 0.15) is 6.10 Å². The predicted octanol–water partition coefficient (Wildman–Crippen LogP) is 1.43. The van der Waals surface area contributed by atoms with E-state index >= 15 is 0 Å². The number of likely N-dealkylation sites (tertiary alicyclic amines) is 1. The largest absolute Gasteiger partial charge is 0.465 e. The zero-order chi connectivity index (χ0) is 28.5. The SMILES string of the molecule is CN1CCC[C@@H]1C(=O)Nc1cc(C#N)c2c(c1)CC(CNCCC1CN(c3cnc4c(n3)NC(=O)CO4)C(=O)O1)C2. The molecule has 2 fully saturated rings. The lowest BCUT2D eigenvalue weighted by atomic mass is 10.0. The zero-order valence-corrected chi connectivity index (χ0v) is 22.8. The maximum absolute atomic E-state index is 12.8. The minimum Gasteiger partial charge on any atom is -0.465 e. The summed E-state index contributed by atoms with van der Waals surface area (Å²) in [6, 6.07) is 5.99. The summed E-state index contributed by atoms with van der Waals surface area (Å²) in [7, 11) is 1.96. The second kappa shape index (κ2) is 11.3. The number of ether oxygens (including phenoxy) is 2. The molecule has 3 atom stereocenters. The van der Waals surface area contributed by atoms with Gasteiger partial charge in [-0.05, 0) is 88.0 Å². The molecule has 4 heterocycles. The molecule has 3 amide bonds. The number of amides is 3. The van der Waals surface area contributed by atoms with E-state index in [1.54, 1.807) is 6.07 Å². The summed E-state index contributed by atoms with van der Waals surface area (Å²) in [5.74, 6) is 0.675. The molecule has 6 rings (SSSR count). The number of nitriles is 1. The molecule has 1 aromatic heterocycles. The fraction of sp³-hybridized carbons (Fsp3) is 0.500. The Morgan fingerprint density at radius 3 is 2.98 bits per heavy atom. The van der Waals surface area contributed by atoms with Gasteiger partial charge in [0.05, 0.1) is 30.4 Å². The number of carbonyl (C=O) groups excluding carboxylic acids is 3. The van der Waals surface area contributed by atoms with Crippen LogP contribution in [-0.4, -0.2) is 84.8 Å². The predicted molar refractivity (Wildman–Crippen MR) is 148 cm³/mol. The molecule has 3 N–H and O–H groups in total. The van der Waals surface area contributed by atoms with Crippen molar-refractivity contribution in [3.05, 3.63) is 35.0 Å². The lowest BCUT2D eigenvalue weighted by Gasteiger charge is -2.19. The second-order valence-electron chi connectivity index (χ2n) is 11.0. The molecule has 2 saturated heterocycles. The van der Waals surface area contributed by atoms with Crippen molar-refractivity contribution in [1.29, 1.82) is 5.26 Å². The number of hydrogen-bond donors (Lipinski definition) is 3. The molecular weight excluding hydrogens is 528 g/mol. The van der Waals surface area contributed by atoms with Crippen molar-refractivity contribution in [2.45, 2.75) is 44.2 Å². The van der Waals surface area contributed by atoms with Crippen LogP contribution >= 0.6 is 0 Å². The minimum atomic E-state index is -0.509. The Labute approximate surface area is 237 Å². The van der Waals surface area contributed by atoms with Gasteiger partial charge < -0.3 is 25.4 Å². The topological polar surface area (TPSA) is 162 Å². The fourth-order valence-electron chi connectivity index (χ4n) is 6.03. The van der Waals surface area contributed by atoms with Crippen molar-refractivity contribution >= 4 is 35.2 Å². The first kappa shape index (κ1) is 26.9. The zero-order valence-electron chi connectivity index (χ0n) is 22.8. The van der Waals surface area contributed by atoms with E-state index in [0.29, 0.717) is 36.7 Å². The van der Waals surface area contributed by atoms with E-state index in [2.05, 4.69) is 36.9 Å². The summed E-state index contributed by atoms with van der Waals surface area (Å²) in [5.41, 5.74) is 3.47. The molecule has 41 heavy (non-hydrogen) atoms. The molecule has 1 aliphatic carbocycles. The normalized spacial score (nSPS) is 23.3. The quantitative estimate of drug-likeness (QED) is 0.403. The Morgan fingerprint density at radius 2 is 2.17 bits per heavy atom. The Kier molecular flexibility index (Phi) is 7.42. The number of carbonyl (C=O) groups is 3. The number of hydrogen-bond acceptors (Lipinski definition) is 10. The van der Waals surface area contributed by atoms with Gasteiger partial charge in [0.2, 0.25) is 5.91 Å². The number of nitrogens with zero attached hydrogens (tertiary/aromatic N) is 5. The first-order valence-electron chi connectivity index (χ1n) is 13.9. The number of fused-ring (bicyclic) bond motifs is 2. The third-order valence-corrected chi connectivity index (χ3v) is 8.11. The van der Waals surface area contributed by atoms with Gasteiger partial charge in [0.25, 0.3) is 11.8 Å². The molecule has 3 aliphatic heterocycles. The summed E-state index contributed by atoms with van der Waals surface area (Å²) in [6.45, 7) is 2.54. The van der Waals surface area contributed by atoms with Crippen molar-refractivity contribution in [1.82, 2.24) is 20.2 Å². The highest BCUT2D eigenvalue weighted by Crippen LogP contribution is 2.33. The maximum Gasteiger partial charge on any atom is 0.415 e. The molecule has 0 saturated carbocycles. The molecule has 0 spiro atoms. The van der Waals surface area contributed by atoms with Gasteiger partial charge in [-0.15, -0.1) is 0 Å². The van der Waals surface area contributed by atoms with Gasteiger partial charge in [-0.25, -0.2) is 14.8 Å². The average Bonchev–Trinajstić information content (AvgIpc) is 3.68. The number of cyclic esters (lactones) is 1. The van der Waals surface area contributed by atoms with Crippen molar-refractivity contribution < 1.29 is 23.9 Å². The first-order chi connectivity index (χ1) is 19.9. The Hall–Kier alpha value is -4.28. The third-order valence-electron chi connectivity index (χ3n) is 8.11. The van der Waals surface area contributed by atoms with Gasteiger partial charge in [0, 0.05) is 5.69 Å². The third kappa shape index (κ3) is 5.66. The van der Waals surface area contributed by atoms with Crippen molar-refractivity contribution in [2.75, 3.05) is 55.4 Å². The highest BCUT2D eigenvalue weighted by Gasteiger charge is 2.34. The van der Waals surface area contributed by atoms with Crippen LogP contribution in [0.4, 0.5) is 22.1 Å². The molecule has 0 radical (unpaired) electrons. The van der Waals surface area contributed by atoms with Crippen LogP contribution in [0.5, 0.6) is 5.88 Å². The molecule has 4 aliphatic rings. The fourth-order valence-corrected chi connectivity index (χ4v) is 6.03. The standard InChI is InChI=1S/C28H32N8O5/c1-35-6-2-3-22(35)26(38)32-19-9-17-7-16(8-21(17)18(10-19)11-29)12-30-5-4-20-14-36(28(39)41-20)23-13-31-27-25(33-23)34-24(37)15-40-27/h9-10,13,16,20,22,30H,2-8,12,14-15H2,1H3,(H,32,38)(H,33,34,37)/t16?,20?,22-/m1/s1. The van der Waals surface area contributed by atoms with Crippen LogP contribution in [0.15, 0.2) is 18.3 Å². The van der Waals surface area contributed by atoms with Crippen LogP contribution in [0.25, 0.3) is 0 Å². The number of nitrogens with one attached hydrogen (secondary N) is 3. The van der Waals surface area contributed by atoms with Crippen LogP contribution < -0.4 is 25.6 Å². The number of aromatic nitrogens is 2. The van der Waals surface area contributed by atoms with Crippen molar-refractivity contribution in [3.8, 4) is 11.9 Å². The van der Waals surface area contributed by atoms with Crippen molar-refractivity contribution in [2.24, 2.45) is 5.92 Å². The van der Waals surface area contributed by atoms with Gasteiger partial charge in [-0.1, -0.05) is 0 Å². The van der Waals surface area contributed by atoms with E-state index in [9.17, 15) is 19.6 Å². The summed E-state index contributed by atoms with van der Waals surface area (Å²) in [5, 5.41) is 18.9. The molecule has 13 heteroatoms. The Balaban J connectivity index is 0.984. The molecular formula is C28H32N8O5. The minimum absolute atomic E-state index is 0.0179. The summed E-state index contributed by atoms with van der Waals surface area (Å²) in [6.07, 6.45) is 4.71. The van der Waals surface area contributed by atoms with E-state index < -0.39 is 6.09 Å². The Morgan fingerprint density at radius 1 is 1.29 bits per heavy atom. The molecule has 1 aromatic carbocycles. The highest BCUT2D eigenvalue weighted by molar-refractivity contribution is 5.96. The number of rotatable bonds is 8. The van der Waals surface area contributed by atoms with Crippen LogP contribution in [-0.2, 0) is 27.2 Å². The molecule has 0 bridgehead atoms. The number of benzene rings is 1. The van der Waals surface area contributed by atoms with E-state index in [-0.39, 0.29) is 48.1 Å². The van der Waals surface area contributed by atoms with Gasteiger partial charge in [0.15, 0.2) is 18.2 Å². The van der Waals surface area contributed by atoms with Crippen LogP contribution in [0.2, 0.25) is 0 Å². The van der Waals surface area contributed by atoms with Gasteiger partial charge in [-0.3, -0.25) is 19.4 Å². The summed E-state index contributed by atoms with van der Waals surface area (Å²) in [4.78, 5) is 48.7.